The number of nitrogens with one attached hydrogen (secondary N) is 2. The van der Waals surface area contributed by atoms with Gasteiger partial charge in [0.1, 0.15) is 0 Å². The number of para-hydroxylation sites is 1. The van der Waals surface area contributed by atoms with Crippen LogP contribution < -0.4 is 10.7 Å². The first-order chi connectivity index (χ1) is 11.1. The van der Waals surface area contributed by atoms with Gasteiger partial charge in [0, 0.05) is 5.69 Å². The van der Waals surface area contributed by atoms with Crippen molar-refractivity contribution in [2.45, 2.75) is 13.8 Å². The highest BCUT2D eigenvalue weighted by Gasteiger charge is 2.16. The summed E-state index contributed by atoms with van der Waals surface area (Å²) in [6.45, 7) is 3.57. The summed E-state index contributed by atoms with van der Waals surface area (Å²) in [5.74, 6) is -0.536. The van der Waals surface area contributed by atoms with E-state index in [1.807, 2.05) is 37.3 Å². The lowest BCUT2D eigenvalue weighted by Gasteiger charge is -2.07. The van der Waals surface area contributed by atoms with Crippen LogP contribution in [0.1, 0.15) is 12.5 Å². The third-order valence-corrected chi connectivity index (χ3v) is 3.09. The van der Waals surface area contributed by atoms with E-state index in [0.717, 1.165) is 11.3 Å². The number of aryl methyl sites for hydroxylation is 1. The van der Waals surface area contributed by atoms with Crippen LogP contribution in [0.3, 0.4) is 0 Å². The first kappa shape index (κ1) is 16.2. The Labute approximate surface area is 134 Å². The molecule has 0 unspecified atom stereocenters. The van der Waals surface area contributed by atoms with Gasteiger partial charge in [0.05, 0.1) is 11.4 Å². The van der Waals surface area contributed by atoms with Crippen LogP contribution in [0, 0.1) is 6.92 Å². The molecule has 0 bridgehead atoms. The van der Waals surface area contributed by atoms with Gasteiger partial charge in [-0.1, -0.05) is 41.1 Å². The molecule has 6 heteroatoms. The van der Waals surface area contributed by atoms with Crippen molar-refractivity contribution in [2.75, 3.05) is 10.7 Å². The number of anilines is 2. The molecule has 118 valence electrons. The molecule has 0 saturated carbocycles. The lowest BCUT2D eigenvalue weighted by Crippen LogP contribution is -2.29. The summed E-state index contributed by atoms with van der Waals surface area (Å²) in [4.78, 5) is 12.1. The fourth-order valence-corrected chi connectivity index (χ4v) is 1.82. The van der Waals surface area contributed by atoms with Gasteiger partial charge < -0.3 is 10.5 Å². The molecular weight excluding hydrogens is 292 g/mol. The highest BCUT2D eigenvalue weighted by Crippen LogP contribution is 2.09. The summed E-state index contributed by atoms with van der Waals surface area (Å²) in [5.41, 5.74) is 5.45. The maximum atomic E-state index is 12.1. The van der Waals surface area contributed by atoms with Crippen LogP contribution in [-0.2, 0) is 4.79 Å². The third kappa shape index (κ3) is 4.67. The Kier molecular flexibility index (Phi) is 5.46. The molecule has 0 aliphatic heterocycles. The quantitative estimate of drug-likeness (QED) is 0.450. The lowest BCUT2D eigenvalue weighted by molar-refractivity contribution is -0.110. The van der Waals surface area contributed by atoms with Gasteiger partial charge in [-0.25, -0.2) is 0 Å². The first-order valence-electron chi connectivity index (χ1n) is 7.06. The van der Waals surface area contributed by atoms with Crippen molar-refractivity contribution in [3.05, 3.63) is 60.2 Å². The maximum absolute atomic E-state index is 12.1. The van der Waals surface area contributed by atoms with E-state index in [-0.39, 0.29) is 11.4 Å². The van der Waals surface area contributed by atoms with E-state index in [4.69, 9.17) is 5.21 Å². The van der Waals surface area contributed by atoms with Gasteiger partial charge in [-0.3, -0.25) is 10.2 Å². The van der Waals surface area contributed by atoms with E-state index < -0.39 is 5.91 Å². The van der Waals surface area contributed by atoms with Crippen molar-refractivity contribution >= 4 is 28.7 Å². The number of oxime groups is 1. The van der Waals surface area contributed by atoms with Crippen LogP contribution in [0.5, 0.6) is 0 Å². The summed E-state index contributed by atoms with van der Waals surface area (Å²) >= 11 is 0. The lowest BCUT2D eigenvalue weighted by atomic mass is 10.2. The monoisotopic (exact) mass is 310 g/mol. The molecule has 2 aromatic rings. The molecule has 0 atom stereocenters. The molecule has 2 aromatic carbocycles. The van der Waals surface area contributed by atoms with Crippen LogP contribution in [-0.4, -0.2) is 22.5 Å². The summed E-state index contributed by atoms with van der Waals surface area (Å²) in [6, 6.07) is 16.5. The Morgan fingerprint density at radius 2 is 1.65 bits per heavy atom. The molecule has 0 aliphatic rings. The number of hydrogen-bond acceptors (Lipinski definition) is 5. The Morgan fingerprint density at radius 1 is 1.00 bits per heavy atom. The molecule has 0 aliphatic carbocycles. The SMILES string of the molecule is CC(=NNc1ccc(C)cc1)C(=NO)C(=O)Nc1ccccc1. The number of rotatable bonds is 5. The molecule has 0 heterocycles. The van der Waals surface area contributed by atoms with Crippen molar-refractivity contribution in [1.82, 2.24) is 0 Å². The third-order valence-electron chi connectivity index (χ3n) is 3.09. The zero-order valence-electron chi connectivity index (χ0n) is 12.9. The van der Waals surface area contributed by atoms with Crippen LogP contribution in [0.25, 0.3) is 0 Å². The van der Waals surface area contributed by atoms with Gasteiger partial charge in [0.2, 0.25) is 0 Å². The number of hydrogen-bond donors (Lipinski definition) is 3. The van der Waals surface area contributed by atoms with E-state index >= 15 is 0 Å². The van der Waals surface area contributed by atoms with Gasteiger partial charge in [-0.2, -0.15) is 5.10 Å². The van der Waals surface area contributed by atoms with Crippen LogP contribution >= 0.6 is 0 Å². The van der Waals surface area contributed by atoms with Crippen molar-refractivity contribution in [3.63, 3.8) is 0 Å². The van der Waals surface area contributed by atoms with Crippen molar-refractivity contribution in [1.29, 1.82) is 0 Å². The molecule has 23 heavy (non-hydrogen) atoms. The first-order valence-corrected chi connectivity index (χ1v) is 7.06. The van der Waals surface area contributed by atoms with Gasteiger partial charge in [-0.15, -0.1) is 0 Å². The van der Waals surface area contributed by atoms with Gasteiger partial charge in [0.25, 0.3) is 5.91 Å². The van der Waals surface area contributed by atoms with Crippen molar-refractivity contribution < 1.29 is 10.0 Å². The summed E-state index contributed by atoms with van der Waals surface area (Å²) in [7, 11) is 0. The summed E-state index contributed by atoms with van der Waals surface area (Å²) in [5, 5.41) is 18.9. The molecule has 0 fully saturated rings. The normalized spacial score (nSPS) is 11.9. The second-order valence-electron chi connectivity index (χ2n) is 4.94. The largest absolute Gasteiger partial charge is 0.410 e. The Bertz CT molecular complexity index is 722. The Balaban J connectivity index is 2.05. The predicted octanol–water partition coefficient (Wildman–Crippen LogP) is 3.25. The maximum Gasteiger partial charge on any atom is 0.279 e. The van der Waals surface area contributed by atoms with E-state index in [1.165, 1.54) is 0 Å². The van der Waals surface area contributed by atoms with Crippen LogP contribution in [0.4, 0.5) is 11.4 Å². The smallest absolute Gasteiger partial charge is 0.279 e. The number of hydrazone groups is 1. The topological polar surface area (TPSA) is 86.1 Å². The molecular formula is C17H18N4O2. The zero-order valence-corrected chi connectivity index (χ0v) is 12.9. The average molecular weight is 310 g/mol. The number of carbonyl (C=O) groups is 1. The highest BCUT2D eigenvalue weighted by molar-refractivity contribution is 6.68. The summed E-state index contributed by atoms with van der Waals surface area (Å²) < 4.78 is 0. The number of amides is 1. The van der Waals surface area contributed by atoms with Gasteiger partial charge >= 0.3 is 0 Å². The average Bonchev–Trinajstić information content (AvgIpc) is 2.56. The minimum Gasteiger partial charge on any atom is -0.410 e. The minimum atomic E-state index is -0.536. The number of nitrogens with zero attached hydrogens (tertiary/aromatic N) is 2. The second kappa shape index (κ2) is 7.74. The molecule has 1 amide bonds. The van der Waals surface area contributed by atoms with Gasteiger partial charge in [0.15, 0.2) is 5.71 Å². The van der Waals surface area contributed by atoms with E-state index in [1.54, 1.807) is 31.2 Å². The zero-order chi connectivity index (χ0) is 16.7. The number of carbonyl (C=O) groups excluding carboxylic acids is 1. The minimum absolute atomic E-state index is 0.159. The molecule has 0 saturated heterocycles. The second-order valence-corrected chi connectivity index (χ2v) is 4.94. The van der Waals surface area contributed by atoms with E-state index in [0.29, 0.717) is 5.69 Å². The fraction of sp³-hybridized carbons (Fsp3) is 0.118. The highest BCUT2D eigenvalue weighted by atomic mass is 16.4. The number of benzene rings is 2. The van der Waals surface area contributed by atoms with Crippen LogP contribution in [0.15, 0.2) is 64.9 Å². The predicted molar refractivity (Wildman–Crippen MR) is 92.2 cm³/mol. The molecule has 2 rings (SSSR count). The van der Waals surface area contributed by atoms with Crippen molar-refractivity contribution in [2.24, 2.45) is 10.3 Å². The van der Waals surface area contributed by atoms with E-state index in [9.17, 15) is 4.79 Å². The molecule has 0 spiro atoms. The fourth-order valence-electron chi connectivity index (χ4n) is 1.82. The van der Waals surface area contributed by atoms with Gasteiger partial charge in [-0.05, 0) is 38.1 Å². The molecule has 6 nitrogen and oxygen atoms in total. The molecule has 0 aromatic heterocycles. The molecule has 0 radical (unpaired) electrons. The van der Waals surface area contributed by atoms with Crippen molar-refractivity contribution in [3.8, 4) is 0 Å². The standard InChI is InChI=1S/C17H18N4O2/c1-12-8-10-15(11-9-12)20-19-13(2)16(21-23)17(22)18-14-6-4-3-5-7-14/h3-11,20,23H,1-2H3,(H,18,22). The molecule has 3 N–H and O–H groups in total. The Morgan fingerprint density at radius 3 is 2.26 bits per heavy atom. The van der Waals surface area contributed by atoms with E-state index in [2.05, 4.69) is 21.0 Å². The Hall–Kier alpha value is -3.15. The van der Waals surface area contributed by atoms with Crippen LogP contribution in [0.2, 0.25) is 0 Å². The summed E-state index contributed by atoms with van der Waals surface area (Å²) in [6.07, 6.45) is 0.